The largest absolute Gasteiger partial charge is 0.492 e. The molecule has 3 nitrogen and oxygen atoms in total. The number of nitrogens with zero attached hydrogens (tertiary/aromatic N) is 2. The second-order valence-corrected chi connectivity index (χ2v) is 5.37. The molecule has 0 fully saturated rings. The Balaban J connectivity index is 1.92. The third-order valence-electron chi connectivity index (χ3n) is 2.65. The van der Waals surface area contributed by atoms with Gasteiger partial charge in [0.05, 0.1) is 11.1 Å². The third-order valence-corrected chi connectivity index (χ3v) is 3.92. The van der Waals surface area contributed by atoms with Gasteiger partial charge >= 0.3 is 0 Å². The van der Waals surface area contributed by atoms with Crippen molar-refractivity contribution in [1.82, 2.24) is 9.55 Å². The highest BCUT2D eigenvalue weighted by molar-refractivity contribution is 9.10. The number of rotatable bonds is 5. The lowest BCUT2D eigenvalue weighted by Crippen LogP contribution is -2.06. The third kappa shape index (κ3) is 3.36. The van der Waals surface area contributed by atoms with E-state index in [1.54, 1.807) is 6.20 Å². The highest BCUT2D eigenvalue weighted by atomic mass is 79.9. The first-order chi connectivity index (χ1) is 8.70. The van der Waals surface area contributed by atoms with Gasteiger partial charge in [0.2, 0.25) is 0 Å². The smallest absolute Gasteiger partial charge is 0.133 e. The van der Waals surface area contributed by atoms with Crippen molar-refractivity contribution in [2.75, 3.05) is 6.61 Å². The molecular formula is C13H14Br2N2O. The van der Waals surface area contributed by atoms with E-state index in [2.05, 4.69) is 49.0 Å². The molecule has 5 heteroatoms. The summed E-state index contributed by atoms with van der Waals surface area (Å²) in [7, 11) is 1.99. The number of halogens is 2. The molecule has 1 aromatic heterocycles. The van der Waals surface area contributed by atoms with E-state index in [0.717, 1.165) is 27.8 Å². The fourth-order valence-electron chi connectivity index (χ4n) is 1.63. The molecular weight excluding hydrogens is 360 g/mol. The molecule has 0 saturated heterocycles. The molecule has 0 unspecified atom stereocenters. The monoisotopic (exact) mass is 372 g/mol. The Labute approximate surface area is 123 Å². The van der Waals surface area contributed by atoms with Gasteiger partial charge in [-0.2, -0.15) is 0 Å². The Morgan fingerprint density at radius 3 is 2.83 bits per heavy atom. The van der Waals surface area contributed by atoms with Crippen molar-refractivity contribution < 1.29 is 4.74 Å². The summed E-state index contributed by atoms with van der Waals surface area (Å²) in [5.74, 6) is 1.90. The van der Waals surface area contributed by atoms with Gasteiger partial charge in [0.1, 0.15) is 11.6 Å². The molecule has 96 valence electrons. The topological polar surface area (TPSA) is 27.1 Å². The summed E-state index contributed by atoms with van der Waals surface area (Å²) < 4.78 is 8.74. The van der Waals surface area contributed by atoms with Crippen LogP contribution in [-0.4, -0.2) is 16.2 Å². The van der Waals surface area contributed by atoms with Crippen molar-refractivity contribution >= 4 is 31.9 Å². The van der Waals surface area contributed by atoms with E-state index < -0.39 is 0 Å². The van der Waals surface area contributed by atoms with E-state index in [1.807, 2.05) is 23.9 Å². The molecule has 0 atom stereocenters. The molecule has 1 heterocycles. The molecule has 0 aliphatic carbocycles. The summed E-state index contributed by atoms with van der Waals surface area (Å²) in [6.45, 7) is 0.622. The van der Waals surface area contributed by atoms with E-state index in [4.69, 9.17) is 4.74 Å². The van der Waals surface area contributed by atoms with Gasteiger partial charge in [-0.25, -0.2) is 4.98 Å². The maximum Gasteiger partial charge on any atom is 0.133 e. The summed E-state index contributed by atoms with van der Waals surface area (Å²) >= 11 is 6.94. The van der Waals surface area contributed by atoms with Crippen molar-refractivity contribution in [2.24, 2.45) is 7.05 Å². The number of aromatic nitrogens is 2. The minimum atomic E-state index is 0.622. The van der Waals surface area contributed by atoms with Gasteiger partial charge in [0.25, 0.3) is 0 Å². The number of ether oxygens (including phenoxy) is 1. The number of benzene rings is 1. The van der Waals surface area contributed by atoms with Gasteiger partial charge in [0, 0.05) is 31.2 Å². The fourth-order valence-corrected chi connectivity index (χ4v) is 2.52. The summed E-state index contributed by atoms with van der Waals surface area (Å²) in [5, 5.41) is 0.846. The zero-order valence-corrected chi connectivity index (χ0v) is 13.2. The molecule has 0 radical (unpaired) electrons. The summed E-state index contributed by atoms with van der Waals surface area (Å²) in [6, 6.07) is 6.10. The lowest BCUT2D eigenvalue weighted by atomic mass is 10.2. The van der Waals surface area contributed by atoms with Crippen LogP contribution in [0.15, 0.2) is 35.1 Å². The Morgan fingerprint density at radius 1 is 1.39 bits per heavy atom. The van der Waals surface area contributed by atoms with Crippen molar-refractivity contribution in [3.63, 3.8) is 0 Å². The molecule has 0 bridgehead atoms. The number of hydrogen-bond acceptors (Lipinski definition) is 2. The first-order valence-corrected chi connectivity index (χ1v) is 7.55. The van der Waals surface area contributed by atoms with Gasteiger partial charge in [-0.15, -0.1) is 0 Å². The van der Waals surface area contributed by atoms with Gasteiger partial charge in [-0.05, 0) is 33.6 Å². The van der Waals surface area contributed by atoms with Crippen LogP contribution in [0, 0.1) is 0 Å². The van der Waals surface area contributed by atoms with Crippen LogP contribution in [-0.2, 0) is 18.8 Å². The first-order valence-electron chi connectivity index (χ1n) is 5.64. The highest BCUT2D eigenvalue weighted by Gasteiger charge is 2.04. The average molecular weight is 374 g/mol. The minimum absolute atomic E-state index is 0.622. The standard InChI is InChI=1S/C13H14Br2N2O/c1-17-6-5-16-13(17)4-7-18-12-3-2-10(9-14)8-11(12)15/h2-3,5-6,8H,4,7,9H2,1H3. The Morgan fingerprint density at radius 2 is 2.22 bits per heavy atom. The summed E-state index contributed by atoms with van der Waals surface area (Å²) in [6.07, 6.45) is 4.54. The van der Waals surface area contributed by atoms with Crippen LogP contribution in [0.5, 0.6) is 5.75 Å². The second-order valence-electron chi connectivity index (χ2n) is 3.95. The van der Waals surface area contributed by atoms with Crippen LogP contribution in [0.1, 0.15) is 11.4 Å². The predicted octanol–water partition coefficient (Wildman–Crippen LogP) is 3.70. The molecule has 0 saturated carbocycles. The molecule has 0 spiro atoms. The van der Waals surface area contributed by atoms with Crippen molar-refractivity contribution in [3.8, 4) is 5.75 Å². The summed E-state index contributed by atoms with van der Waals surface area (Å²) in [4.78, 5) is 4.26. The van der Waals surface area contributed by atoms with E-state index >= 15 is 0 Å². The molecule has 18 heavy (non-hydrogen) atoms. The molecule has 2 aromatic rings. The number of hydrogen-bond donors (Lipinski definition) is 0. The van der Waals surface area contributed by atoms with Crippen LogP contribution in [0.3, 0.4) is 0 Å². The van der Waals surface area contributed by atoms with Gasteiger partial charge in [-0.1, -0.05) is 22.0 Å². The fraction of sp³-hybridized carbons (Fsp3) is 0.308. The number of imidazole rings is 1. The predicted molar refractivity (Wildman–Crippen MR) is 79.2 cm³/mol. The minimum Gasteiger partial charge on any atom is -0.492 e. The Bertz CT molecular complexity index is 525. The lowest BCUT2D eigenvalue weighted by Gasteiger charge is -2.09. The highest BCUT2D eigenvalue weighted by Crippen LogP contribution is 2.26. The van der Waals surface area contributed by atoms with Gasteiger partial charge in [0.15, 0.2) is 0 Å². The number of aryl methyl sites for hydroxylation is 1. The van der Waals surface area contributed by atoms with Crippen molar-refractivity contribution in [1.29, 1.82) is 0 Å². The van der Waals surface area contributed by atoms with Crippen LogP contribution in [0.2, 0.25) is 0 Å². The van der Waals surface area contributed by atoms with Crippen molar-refractivity contribution in [2.45, 2.75) is 11.8 Å². The normalized spacial score (nSPS) is 10.6. The van der Waals surface area contributed by atoms with E-state index in [9.17, 15) is 0 Å². The van der Waals surface area contributed by atoms with Crippen LogP contribution >= 0.6 is 31.9 Å². The van der Waals surface area contributed by atoms with Gasteiger partial charge < -0.3 is 9.30 Å². The number of alkyl halides is 1. The first kappa shape index (κ1) is 13.6. The van der Waals surface area contributed by atoms with E-state index in [-0.39, 0.29) is 0 Å². The second kappa shape index (κ2) is 6.38. The average Bonchev–Trinajstić information content (AvgIpc) is 2.77. The van der Waals surface area contributed by atoms with E-state index in [0.29, 0.717) is 6.61 Å². The SMILES string of the molecule is Cn1ccnc1CCOc1ccc(CBr)cc1Br. The van der Waals surface area contributed by atoms with Gasteiger partial charge in [-0.3, -0.25) is 0 Å². The quantitative estimate of drug-likeness (QED) is 0.747. The van der Waals surface area contributed by atoms with Crippen LogP contribution < -0.4 is 4.74 Å². The Kier molecular flexibility index (Phi) is 4.83. The molecule has 1 aromatic carbocycles. The lowest BCUT2D eigenvalue weighted by molar-refractivity contribution is 0.315. The molecule has 0 amide bonds. The molecule has 0 aliphatic heterocycles. The Hall–Kier alpha value is -0.810. The maximum absolute atomic E-state index is 5.75. The maximum atomic E-state index is 5.75. The van der Waals surface area contributed by atoms with Crippen LogP contribution in [0.4, 0.5) is 0 Å². The molecule has 2 rings (SSSR count). The summed E-state index contributed by atoms with van der Waals surface area (Å²) in [5.41, 5.74) is 1.22. The van der Waals surface area contributed by atoms with Crippen LogP contribution in [0.25, 0.3) is 0 Å². The van der Waals surface area contributed by atoms with E-state index in [1.165, 1.54) is 5.56 Å². The zero-order valence-electron chi connectivity index (χ0n) is 10.1. The molecule has 0 N–H and O–H groups in total. The zero-order chi connectivity index (χ0) is 13.0. The molecule has 0 aliphatic rings. The van der Waals surface area contributed by atoms with Crippen molar-refractivity contribution in [3.05, 3.63) is 46.5 Å².